The molecule has 1 amide bonds. The summed E-state index contributed by atoms with van der Waals surface area (Å²) in [5.74, 6) is 2.29. The molecule has 0 heterocycles. The fraction of sp³-hybridized carbons (Fsp3) is 0.636. The van der Waals surface area contributed by atoms with Crippen molar-refractivity contribution >= 4 is 11.9 Å². The molecule has 1 aromatic carbocycles. The van der Waals surface area contributed by atoms with Crippen molar-refractivity contribution in [3.05, 3.63) is 29.8 Å². The van der Waals surface area contributed by atoms with Gasteiger partial charge in [0, 0.05) is 25.7 Å². The Morgan fingerprint density at radius 1 is 1.21 bits per heavy atom. The quantitative estimate of drug-likeness (QED) is 0.292. The molecule has 1 fully saturated rings. The van der Waals surface area contributed by atoms with Crippen molar-refractivity contribution in [3.63, 3.8) is 0 Å². The topological polar surface area (TPSA) is 74.8 Å². The number of ether oxygens (including phenoxy) is 1. The number of hydrogen-bond acceptors (Lipinski definition) is 3. The average Bonchev–Trinajstić information content (AvgIpc) is 3.48. The van der Waals surface area contributed by atoms with Crippen molar-refractivity contribution in [1.82, 2.24) is 16.0 Å². The molecule has 0 unspecified atom stereocenters. The van der Waals surface area contributed by atoms with Gasteiger partial charge in [0.2, 0.25) is 0 Å². The van der Waals surface area contributed by atoms with Gasteiger partial charge in [-0.1, -0.05) is 26.0 Å². The Hall–Kier alpha value is -2.24. The summed E-state index contributed by atoms with van der Waals surface area (Å²) < 4.78 is 5.54. The van der Waals surface area contributed by atoms with E-state index in [4.69, 9.17) is 4.74 Å². The number of nitrogens with one attached hydrogen (secondary N) is 3. The van der Waals surface area contributed by atoms with Crippen LogP contribution in [-0.4, -0.2) is 44.1 Å². The van der Waals surface area contributed by atoms with Crippen LogP contribution in [0.2, 0.25) is 0 Å². The highest BCUT2D eigenvalue weighted by atomic mass is 16.5. The van der Waals surface area contributed by atoms with Crippen LogP contribution in [0.25, 0.3) is 0 Å². The largest absolute Gasteiger partial charge is 0.484 e. The Bertz CT molecular complexity index is 609. The maximum Gasteiger partial charge on any atom is 0.258 e. The first-order valence-electron chi connectivity index (χ1n) is 10.6. The van der Waals surface area contributed by atoms with Gasteiger partial charge in [0.1, 0.15) is 5.75 Å². The Balaban J connectivity index is 1.67. The predicted octanol–water partition coefficient (Wildman–Crippen LogP) is 2.88. The molecule has 1 saturated carbocycles. The molecule has 0 radical (unpaired) electrons. The third kappa shape index (κ3) is 9.62. The van der Waals surface area contributed by atoms with Gasteiger partial charge in [0.15, 0.2) is 12.6 Å². The second-order valence-corrected chi connectivity index (χ2v) is 7.75. The number of hydrogen-bond donors (Lipinski definition) is 3. The molecule has 0 spiro atoms. The molecule has 1 aromatic rings. The van der Waals surface area contributed by atoms with Crippen LogP contribution in [0.3, 0.4) is 0 Å². The van der Waals surface area contributed by atoms with E-state index >= 15 is 0 Å². The van der Waals surface area contributed by atoms with Gasteiger partial charge in [-0.15, -0.1) is 0 Å². The van der Waals surface area contributed by atoms with E-state index in [1.54, 1.807) is 0 Å². The molecule has 2 rings (SSSR count). The van der Waals surface area contributed by atoms with E-state index in [1.165, 1.54) is 12.0 Å². The van der Waals surface area contributed by atoms with Gasteiger partial charge >= 0.3 is 0 Å². The first kappa shape index (κ1) is 22.1. The van der Waals surface area contributed by atoms with Gasteiger partial charge in [0.25, 0.3) is 5.91 Å². The highest BCUT2D eigenvalue weighted by Crippen LogP contribution is 2.18. The normalized spacial score (nSPS) is 14.1. The number of rotatable bonds is 12. The number of aliphatic imine (C=N–C) groups is 1. The molecule has 0 saturated heterocycles. The summed E-state index contributed by atoms with van der Waals surface area (Å²) in [5.41, 5.74) is 1.22. The summed E-state index contributed by atoms with van der Waals surface area (Å²) in [4.78, 5) is 16.3. The van der Waals surface area contributed by atoms with Gasteiger partial charge in [-0.2, -0.15) is 0 Å². The van der Waals surface area contributed by atoms with Gasteiger partial charge in [-0.25, -0.2) is 0 Å². The molecule has 156 valence electrons. The molecule has 28 heavy (non-hydrogen) atoms. The minimum Gasteiger partial charge on any atom is -0.484 e. The van der Waals surface area contributed by atoms with Gasteiger partial charge in [-0.05, 0) is 62.6 Å². The van der Waals surface area contributed by atoms with Crippen LogP contribution in [0.1, 0.15) is 52.0 Å². The molecular formula is C22H36N4O2. The van der Waals surface area contributed by atoms with Gasteiger partial charge in [-0.3, -0.25) is 9.79 Å². The summed E-state index contributed by atoms with van der Waals surface area (Å²) in [6.45, 7) is 9.18. The number of amides is 1. The van der Waals surface area contributed by atoms with Gasteiger partial charge < -0.3 is 20.7 Å². The van der Waals surface area contributed by atoms with E-state index < -0.39 is 0 Å². The molecular weight excluding hydrogens is 352 g/mol. The number of carbonyl (C=O) groups excluding carboxylic acids is 1. The van der Waals surface area contributed by atoms with Crippen molar-refractivity contribution in [2.45, 2.75) is 58.9 Å². The Morgan fingerprint density at radius 3 is 2.61 bits per heavy atom. The van der Waals surface area contributed by atoms with Crippen LogP contribution in [0.15, 0.2) is 29.3 Å². The van der Waals surface area contributed by atoms with Crippen molar-refractivity contribution in [1.29, 1.82) is 0 Å². The molecule has 6 nitrogen and oxygen atoms in total. The van der Waals surface area contributed by atoms with Crippen LogP contribution in [0.4, 0.5) is 0 Å². The van der Waals surface area contributed by atoms with Crippen molar-refractivity contribution in [3.8, 4) is 5.75 Å². The molecule has 0 bridgehead atoms. The molecule has 1 aliphatic carbocycles. The number of carbonyl (C=O) groups is 1. The Labute approximate surface area is 169 Å². The van der Waals surface area contributed by atoms with Gasteiger partial charge in [0.05, 0.1) is 0 Å². The zero-order valence-electron chi connectivity index (χ0n) is 17.6. The SMILES string of the molecule is CCNC(=NCCCC(C)C)NCCc1ccc(OCC(=O)NC2CC2)cc1. The molecule has 0 aromatic heterocycles. The number of guanidine groups is 1. The fourth-order valence-electron chi connectivity index (χ4n) is 2.76. The summed E-state index contributed by atoms with van der Waals surface area (Å²) in [5, 5.41) is 9.60. The first-order valence-corrected chi connectivity index (χ1v) is 10.6. The lowest BCUT2D eigenvalue weighted by Crippen LogP contribution is -2.38. The lowest BCUT2D eigenvalue weighted by Gasteiger charge is -2.12. The minimum atomic E-state index is -0.0422. The third-order valence-corrected chi connectivity index (χ3v) is 4.50. The third-order valence-electron chi connectivity index (χ3n) is 4.50. The maximum absolute atomic E-state index is 11.7. The summed E-state index contributed by atoms with van der Waals surface area (Å²) in [7, 11) is 0. The molecule has 1 aliphatic rings. The van der Waals surface area contributed by atoms with E-state index in [1.807, 2.05) is 24.3 Å². The molecule has 0 atom stereocenters. The zero-order valence-corrected chi connectivity index (χ0v) is 17.6. The van der Waals surface area contributed by atoms with E-state index in [2.05, 4.69) is 41.7 Å². The van der Waals surface area contributed by atoms with Crippen molar-refractivity contribution < 1.29 is 9.53 Å². The smallest absolute Gasteiger partial charge is 0.258 e. The average molecular weight is 389 g/mol. The maximum atomic E-state index is 11.7. The summed E-state index contributed by atoms with van der Waals surface area (Å²) >= 11 is 0. The lowest BCUT2D eigenvalue weighted by molar-refractivity contribution is -0.123. The number of benzene rings is 1. The van der Waals surface area contributed by atoms with E-state index in [0.29, 0.717) is 6.04 Å². The van der Waals surface area contributed by atoms with E-state index in [-0.39, 0.29) is 12.5 Å². The van der Waals surface area contributed by atoms with Crippen LogP contribution >= 0.6 is 0 Å². The lowest BCUT2D eigenvalue weighted by atomic mass is 10.1. The second-order valence-electron chi connectivity index (χ2n) is 7.75. The summed E-state index contributed by atoms with van der Waals surface area (Å²) in [6, 6.07) is 8.30. The second kappa shape index (κ2) is 12.3. The Morgan fingerprint density at radius 2 is 1.96 bits per heavy atom. The van der Waals surface area contributed by atoms with Crippen LogP contribution in [0, 0.1) is 5.92 Å². The highest BCUT2D eigenvalue weighted by Gasteiger charge is 2.23. The van der Waals surface area contributed by atoms with Crippen LogP contribution < -0.4 is 20.7 Å². The number of nitrogens with zero attached hydrogens (tertiary/aromatic N) is 1. The van der Waals surface area contributed by atoms with Crippen LogP contribution in [-0.2, 0) is 11.2 Å². The Kier molecular flexibility index (Phi) is 9.66. The van der Waals surface area contributed by atoms with Crippen molar-refractivity contribution in [2.24, 2.45) is 10.9 Å². The molecule has 0 aliphatic heterocycles. The first-order chi connectivity index (χ1) is 13.6. The van der Waals surface area contributed by atoms with Crippen LogP contribution in [0.5, 0.6) is 5.75 Å². The minimum absolute atomic E-state index is 0.0422. The summed E-state index contributed by atoms with van der Waals surface area (Å²) in [6.07, 6.45) is 5.41. The zero-order chi connectivity index (χ0) is 20.2. The molecule has 6 heteroatoms. The monoisotopic (exact) mass is 388 g/mol. The van der Waals surface area contributed by atoms with Crippen molar-refractivity contribution in [2.75, 3.05) is 26.2 Å². The highest BCUT2D eigenvalue weighted by molar-refractivity contribution is 5.79. The van der Waals surface area contributed by atoms with E-state index in [0.717, 1.165) is 62.9 Å². The van der Waals surface area contributed by atoms with E-state index in [9.17, 15) is 4.79 Å². The molecule has 3 N–H and O–H groups in total. The standard InChI is InChI=1S/C22H36N4O2/c1-4-23-22(24-14-5-6-17(2)3)25-15-13-18-7-11-20(12-8-18)28-16-21(27)26-19-9-10-19/h7-8,11-12,17,19H,4-6,9-10,13-16H2,1-3H3,(H,26,27)(H2,23,24,25). The fourth-order valence-corrected chi connectivity index (χ4v) is 2.76. The predicted molar refractivity (Wildman–Crippen MR) is 115 cm³/mol.